The number of hydrogen-bond donors (Lipinski definition) is 1. The Morgan fingerprint density at radius 2 is 2.00 bits per heavy atom. The summed E-state index contributed by atoms with van der Waals surface area (Å²) in [6.07, 6.45) is 2.93. The number of aromatic nitrogens is 1. The van der Waals surface area contributed by atoms with Crippen LogP contribution >= 0.6 is 0 Å². The lowest BCUT2D eigenvalue weighted by atomic mass is 10.0. The van der Waals surface area contributed by atoms with Crippen LogP contribution in [0.3, 0.4) is 0 Å². The van der Waals surface area contributed by atoms with Crippen LogP contribution in [0, 0.1) is 5.82 Å². The van der Waals surface area contributed by atoms with Gasteiger partial charge in [0.2, 0.25) is 0 Å². The van der Waals surface area contributed by atoms with E-state index in [9.17, 15) is 9.18 Å². The summed E-state index contributed by atoms with van der Waals surface area (Å²) in [5, 5.41) is 0.733. The smallest absolute Gasteiger partial charge is 0.270 e. The van der Waals surface area contributed by atoms with E-state index in [-0.39, 0.29) is 17.8 Å². The Hall–Kier alpha value is -2.62. The molecule has 0 saturated carbocycles. The number of benzene rings is 2. The molecular formula is C20H19FN2O. The second-order valence-corrected chi connectivity index (χ2v) is 6.40. The van der Waals surface area contributed by atoms with Gasteiger partial charge in [-0.3, -0.25) is 4.79 Å². The summed E-state index contributed by atoms with van der Waals surface area (Å²) < 4.78 is 13.3. The standard InChI is InChI=1S/C20H19FN2O/c21-16-8-9-18-15(12-16)13-19(22-18)20(24)23-10-4-7-17(23)11-14-5-2-1-3-6-14/h1-3,5-6,8-9,12-13,17,22H,4,7,10-11H2. The summed E-state index contributed by atoms with van der Waals surface area (Å²) in [6.45, 7) is 0.778. The van der Waals surface area contributed by atoms with Gasteiger partial charge >= 0.3 is 0 Å². The van der Waals surface area contributed by atoms with Gasteiger partial charge in [0.25, 0.3) is 5.91 Å². The molecular weight excluding hydrogens is 303 g/mol. The Kier molecular flexibility index (Phi) is 3.81. The van der Waals surface area contributed by atoms with Crippen LogP contribution in [0.15, 0.2) is 54.6 Å². The Morgan fingerprint density at radius 1 is 1.17 bits per heavy atom. The highest BCUT2D eigenvalue weighted by Crippen LogP contribution is 2.25. The van der Waals surface area contributed by atoms with E-state index in [1.165, 1.54) is 17.7 Å². The molecule has 0 aliphatic carbocycles. The molecule has 4 heteroatoms. The molecule has 0 bridgehead atoms. The predicted molar refractivity (Wildman–Crippen MR) is 92.5 cm³/mol. The second-order valence-electron chi connectivity index (χ2n) is 6.40. The molecule has 0 spiro atoms. The number of nitrogens with one attached hydrogen (secondary N) is 1. The molecule has 1 unspecified atom stereocenters. The molecule has 4 rings (SSSR count). The fourth-order valence-corrected chi connectivity index (χ4v) is 3.57. The van der Waals surface area contributed by atoms with E-state index in [0.717, 1.165) is 36.7 Å². The van der Waals surface area contributed by atoms with E-state index in [1.807, 2.05) is 23.1 Å². The molecule has 3 nitrogen and oxygen atoms in total. The highest BCUT2D eigenvalue weighted by molar-refractivity contribution is 5.98. The maximum absolute atomic E-state index is 13.3. The number of nitrogens with zero attached hydrogens (tertiary/aromatic N) is 1. The fraction of sp³-hybridized carbons (Fsp3) is 0.250. The van der Waals surface area contributed by atoms with Gasteiger partial charge in [-0.25, -0.2) is 4.39 Å². The summed E-state index contributed by atoms with van der Waals surface area (Å²) in [5.41, 5.74) is 2.58. The summed E-state index contributed by atoms with van der Waals surface area (Å²) in [5.74, 6) is -0.284. The van der Waals surface area contributed by atoms with Gasteiger partial charge in [-0.15, -0.1) is 0 Å². The first-order valence-corrected chi connectivity index (χ1v) is 8.34. The van der Waals surface area contributed by atoms with E-state index in [1.54, 1.807) is 12.1 Å². The Bertz CT molecular complexity index is 872. The highest BCUT2D eigenvalue weighted by atomic mass is 19.1. The number of fused-ring (bicyclic) bond motifs is 1. The minimum Gasteiger partial charge on any atom is -0.351 e. The van der Waals surface area contributed by atoms with E-state index in [2.05, 4.69) is 17.1 Å². The number of rotatable bonds is 3. The molecule has 0 radical (unpaired) electrons. The van der Waals surface area contributed by atoms with Gasteiger partial charge in [-0.1, -0.05) is 30.3 Å². The topological polar surface area (TPSA) is 36.1 Å². The lowest BCUT2D eigenvalue weighted by Gasteiger charge is -2.24. The summed E-state index contributed by atoms with van der Waals surface area (Å²) in [4.78, 5) is 18.0. The summed E-state index contributed by atoms with van der Waals surface area (Å²) >= 11 is 0. The zero-order chi connectivity index (χ0) is 16.5. The van der Waals surface area contributed by atoms with Gasteiger partial charge in [0.1, 0.15) is 11.5 Å². The molecule has 1 aliphatic heterocycles. The van der Waals surface area contributed by atoms with Crippen molar-refractivity contribution in [3.8, 4) is 0 Å². The van der Waals surface area contributed by atoms with Crippen LogP contribution in [0.5, 0.6) is 0 Å². The van der Waals surface area contributed by atoms with Crippen LogP contribution in [0.1, 0.15) is 28.9 Å². The number of hydrogen-bond acceptors (Lipinski definition) is 1. The minimum absolute atomic E-state index is 0.00467. The zero-order valence-electron chi connectivity index (χ0n) is 13.3. The van der Waals surface area contributed by atoms with Crippen LogP contribution in [-0.4, -0.2) is 28.4 Å². The summed E-state index contributed by atoms with van der Waals surface area (Å²) in [7, 11) is 0. The first-order chi connectivity index (χ1) is 11.7. The van der Waals surface area contributed by atoms with Crippen molar-refractivity contribution in [2.45, 2.75) is 25.3 Å². The Labute approximate surface area is 140 Å². The quantitative estimate of drug-likeness (QED) is 0.772. The molecule has 24 heavy (non-hydrogen) atoms. The molecule has 1 saturated heterocycles. The lowest BCUT2D eigenvalue weighted by Crippen LogP contribution is -2.37. The Morgan fingerprint density at radius 3 is 2.83 bits per heavy atom. The first kappa shape index (κ1) is 14.9. The van der Waals surface area contributed by atoms with Crippen molar-refractivity contribution < 1.29 is 9.18 Å². The molecule has 1 amide bonds. The summed E-state index contributed by atoms with van der Waals surface area (Å²) in [6, 6.07) is 16.8. The van der Waals surface area contributed by atoms with Gasteiger partial charge in [0.15, 0.2) is 0 Å². The van der Waals surface area contributed by atoms with Crippen LogP contribution < -0.4 is 0 Å². The van der Waals surface area contributed by atoms with Crippen LogP contribution in [0.25, 0.3) is 10.9 Å². The lowest BCUT2D eigenvalue weighted by molar-refractivity contribution is 0.0731. The average molecular weight is 322 g/mol. The van der Waals surface area contributed by atoms with Crippen LogP contribution in [0.2, 0.25) is 0 Å². The van der Waals surface area contributed by atoms with Crippen molar-refractivity contribution in [1.82, 2.24) is 9.88 Å². The van der Waals surface area contributed by atoms with Gasteiger partial charge in [0.05, 0.1) is 0 Å². The van der Waals surface area contributed by atoms with Crippen molar-refractivity contribution in [3.63, 3.8) is 0 Å². The van der Waals surface area contributed by atoms with Gasteiger partial charge in [0, 0.05) is 23.5 Å². The molecule has 1 fully saturated rings. The van der Waals surface area contributed by atoms with E-state index in [0.29, 0.717) is 5.69 Å². The number of carbonyl (C=O) groups excluding carboxylic acids is 1. The molecule has 1 aromatic heterocycles. The minimum atomic E-state index is -0.288. The first-order valence-electron chi connectivity index (χ1n) is 8.34. The molecule has 1 N–H and O–H groups in total. The van der Waals surface area contributed by atoms with Gasteiger partial charge in [-0.2, -0.15) is 0 Å². The normalized spacial score (nSPS) is 17.5. The van der Waals surface area contributed by atoms with Gasteiger partial charge < -0.3 is 9.88 Å². The maximum Gasteiger partial charge on any atom is 0.270 e. The maximum atomic E-state index is 13.3. The number of halogens is 1. The van der Waals surface area contributed by atoms with Crippen molar-refractivity contribution in [2.75, 3.05) is 6.54 Å². The third kappa shape index (κ3) is 2.80. The predicted octanol–water partition coefficient (Wildman–Crippen LogP) is 4.15. The van der Waals surface area contributed by atoms with E-state index >= 15 is 0 Å². The Balaban J connectivity index is 1.57. The monoisotopic (exact) mass is 322 g/mol. The van der Waals surface area contributed by atoms with Crippen molar-refractivity contribution in [2.24, 2.45) is 0 Å². The van der Waals surface area contributed by atoms with Gasteiger partial charge in [-0.05, 0) is 49.1 Å². The molecule has 2 aromatic carbocycles. The number of carbonyl (C=O) groups is 1. The number of aromatic amines is 1. The third-order valence-corrected chi connectivity index (χ3v) is 4.77. The highest BCUT2D eigenvalue weighted by Gasteiger charge is 2.30. The third-order valence-electron chi connectivity index (χ3n) is 4.77. The SMILES string of the molecule is O=C(c1cc2cc(F)ccc2[nH]1)N1CCCC1Cc1ccccc1. The van der Waals surface area contributed by atoms with Crippen molar-refractivity contribution >= 4 is 16.8 Å². The average Bonchev–Trinajstić information content (AvgIpc) is 3.21. The zero-order valence-corrected chi connectivity index (χ0v) is 13.3. The molecule has 1 aliphatic rings. The van der Waals surface area contributed by atoms with Crippen molar-refractivity contribution in [1.29, 1.82) is 0 Å². The van der Waals surface area contributed by atoms with Crippen molar-refractivity contribution in [3.05, 3.63) is 71.7 Å². The van der Waals surface area contributed by atoms with Crippen LogP contribution in [0.4, 0.5) is 4.39 Å². The number of likely N-dealkylation sites (tertiary alicyclic amines) is 1. The largest absolute Gasteiger partial charge is 0.351 e. The number of amides is 1. The second kappa shape index (κ2) is 6.11. The van der Waals surface area contributed by atoms with Crippen LogP contribution in [-0.2, 0) is 6.42 Å². The van der Waals surface area contributed by atoms with E-state index in [4.69, 9.17) is 0 Å². The molecule has 122 valence electrons. The number of H-pyrrole nitrogens is 1. The molecule has 3 aromatic rings. The van der Waals surface area contributed by atoms with E-state index < -0.39 is 0 Å². The molecule has 1 atom stereocenters. The molecule has 2 heterocycles. The fourth-order valence-electron chi connectivity index (χ4n) is 3.57.